The van der Waals surface area contributed by atoms with Crippen LogP contribution in [-0.4, -0.2) is 12.5 Å². The van der Waals surface area contributed by atoms with Gasteiger partial charge in [-0.2, -0.15) is 0 Å². The first kappa shape index (κ1) is 14.0. The number of halogens is 1. The second kappa shape index (κ2) is 5.70. The van der Waals surface area contributed by atoms with Crippen molar-refractivity contribution in [2.24, 2.45) is 17.1 Å². The Kier molecular flexibility index (Phi) is 4.20. The van der Waals surface area contributed by atoms with Gasteiger partial charge in [-0.15, -0.1) is 0 Å². The van der Waals surface area contributed by atoms with Gasteiger partial charge in [-0.05, 0) is 55.9 Å². The summed E-state index contributed by atoms with van der Waals surface area (Å²) in [6, 6.07) is 5.83. The lowest BCUT2D eigenvalue weighted by atomic mass is 9.70. The van der Waals surface area contributed by atoms with E-state index >= 15 is 0 Å². The van der Waals surface area contributed by atoms with Crippen molar-refractivity contribution in [3.63, 3.8) is 0 Å². The third-order valence-corrected chi connectivity index (χ3v) is 4.21. The van der Waals surface area contributed by atoms with Crippen LogP contribution < -0.4 is 11.1 Å². The van der Waals surface area contributed by atoms with E-state index in [4.69, 9.17) is 5.73 Å². The van der Waals surface area contributed by atoms with E-state index < -0.39 is 5.41 Å². The molecule has 0 saturated heterocycles. The fourth-order valence-electron chi connectivity index (χ4n) is 2.64. The molecule has 1 aliphatic rings. The van der Waals surface area contributed by atoms with Crippen LogP contribution in [0.1, 0.15) is 32.6 Å². The summed E-state index contributed by atoms with van der Waals surface area (Å²) in [5, 5.41) is 2.86. The van der Waals surface area contributed by atoms with Gasteiger partial charge in [0.15, 0.2) is 0 Å². The predicted molar refractivity (Wildman–Crippen MR) is 74.1 cm³/mol. The Hall–Kier alpha value is -1.42. The SMILES string of the molecule is CC1CCC(CN)(C(=O)Nc2ccc(F)cc2)CC1. The molecule has 0 aromatic heterocycles. The molecule has 1 fully saturated rings. The second-order valence-electron chi connectivity index (χ2n) is 5.63. The van der Waals surface area contributed by atoms with E-state index in [2.05, 4.69) is 12.2 Å². The van der Waals surface area contributed by atoms with Crippen LogP contribution in [0.5, 0.6) is 0 Å². The van der Waals surface area contributed by atoms with Crippen molar-refractivity contribution >= 4 is 11.6 Å². The van der Waals surface area contributed by atoms with Crippen LogP contribution in [0.15, 0.2) is 24.3 Å². The molecule has 0 bridgehead atoms. The Labute approximate surface area is 113 Å². The highest BCUT2D eigenvalue weighted by molar-refractivity contribution is 5.95. The third-order valence-electron chi connectivity index (χ3n) is 4.21. The summed E-state index contributed by atoms with van der Waals surface area (Å²) >= 11 is 0. The van der Waals surface area contributed by atoms with Crippen LogP contribution >= 0.6 is 0 Å². The van der Waals surface area contributed by atoms with Crippen LogP contribution in [0.3, 0.4) is 0 Å². The molecule has 1 aromatic rings. The number of hydrogen-bond acceptors (Lipinski definition) is 2. The van der Waals surface area contributed by atoms with E-state index in [1.807, 2.05) is 0 Å². The van der Waals surface area contributed by atoms with Crippen molar-refractivity contribution in [1.82, 2.24) is 0 Å². The van der Waals surface area contributed by atoms with Gasteiger partial charge in [0.05, 0.1) is 5.41 Å². The van der Waals surface area contributed by atoms with Crippen molar-refractivity contribution in [3.8, 4) is 0 Å². The van der Waals surface area contributed by atoms with Gasteiger partial charge in [0.2, 0.25) is 5.91 Å². The van der Waals surface area contributed by atoms with E-state index in [1.165, 1.54) is 12.1 Å². The average Bonchev–Trinajstić information content (AvgIpc) is 2.42. The van der Waals surface area contributed by atoms with Crippen LogP contribution in [0.2, 0.25) is 0 Å². The zero-order chi connectivity index (χ0) is 13.9. The lowest BCUT2D eigenvalue weighted by Crippen LogP contribution is -2.44. The molecule has 0 atom stereocenters. The summed E-state index contributed by atoms with van der Waals surface area (Å²) < 4.78 is 12.8. The maximum Gasteiger partial charge on any atom is 0.231 e. The maximum absolute atomic E-state index is 12.8. The molecule has 104 valence electrons. The third kappa shape index (κ3) is 3.13. The van der Waals surface area contributed by atoms with E-state index in [0.29, 0.717) is 18.2 Å². The number of amides is 1. The first-order valence-corrected chi connectivity index (χ1v) is 6.83. The standard InChI is InChI=1S/C15H21FN2O/c1-11-6-8-15(10-17,9-7-11)14(19)18-13-4-2-12(16)3-5-13/h2-5,11H,6-10,17H2,1H3,(H,18,19). The summed E-state index contributed by atoms with van der Waals surface area (Å²) in [6.45, 7) is 2.57. The zero-order valence-electron chi connectivity index (χ0n) is 11.3. The Bertz CT molecular complexity index is 436. The summed E-state index contributed by atoms with van der Waals surface area (Å²) in [6.07, 6.45) is 3.73. The number of anilines is 1. The average molecular weight is 264 g/mol. The molecular weight excluding hydrogens is 243 g/mol. The number of hydrogen-bond donors (Lipinski definition) is 2. The predicted octanol–water partition coefficient (Wildman–Crippen LogP) is 2.92. The molecule has 3 N–H and O–H groups in total. The second-order valence-corrected chi connectivity index (χ2v) is 5.63. The van der Waals surface area contributed by atoms with Gasteiger partial charge in [0.1, 0.15) is 5.82 Å². The molecule has 1 saturated carbocycles. The smallest absolute Gasteiger partial charge is 0.231 e. The lowest BCUT2D eigenvalue weighted by Gasteiger charge is -2.37. The molecule has 1 aliphatic carbocycles. The van der Waals surface area contributed by atoms with E-state index in [9.17, 15) is 9.18 Å². The van der Waals surface area contributed by atoms with Crippen molar-refractivity contribution in [3.05, 3.63) is 30.1 Å². The van der Waals surface area contributed by atoms with Crippen LogP contribution in [0.25, 0.3) is 0 Å². The number of nitrogens with two attached hydrogens (primary N) is 1. The molecule has 19 heavy (non-hydrogen) atoms. The molecule has 0 heterocycles. The van der Waals surface area contributed by atoms with Crippen molar-refractivity contribution < 1.29 is 9.18 Å². The largest absolute Gasteiger partial charge is 0.329 e. The summed E-state index contributed by atoms with van der Waals surface area (Å²) in [7, 11) is 0. The molecule has 0 radical (unpaired) electrons. The first-order valence-electron chi connectivity index (χ1n) is 6.83. The van der Waals surface area contributed by atoms with Crippen molar-refractivity contribution in [2.75, 3.05) is 11.9 Å². The van der Waals surface area contributed by atoms with Crippen LogP contribution in [0, 0.1) is 17.2 Å². The highest BCUT2D eigenvalue weighted by Gasteiger charge is 2.39. The minimum Gasteiger partial charge on any atom is -0.329 e. The molecule has 3 nitrogen and oxygen atoms in total. The molecule has 1 aromatic carbocycles. The Morgan fingerprint density at radius 1 is 1.37 bits per heavy atom. The van der Waals surface area contributed by atoms with E-state index in [-0.39, 0.29) is 11.7 Å². The number of nitrogens with one attached hydrogen (secondary N) is 1. The zero-order valence-corrected chi connectivity index (χ0v) is 11.3. The molecule has 0 spiro atoms. The van der Waals surface area contributed by atoms with Gasteiger partial charge in [0.25, 0.3) is 0 Å². The van der Waals surface area contributed by atoms with Crippen molar-refractivity contribution in [2.45, 2.75) is 32.6 Å². The van der Waals surface area contributed by atoms with Gasteiger partial charge < -0.3 is 11.1 Å². The normalized spacial score (nSPS) is 27.0. The monoisotopic (exact) mass is 264 g/mol. The Balaban J connectivity index is 2.06. The van der Waals surface area contributed by atoms with Crippen LogP contribution in [-0.2, 0) is 4.79 Å². The molecule has 0 unspecified atom stereocenters. The summed E-state index contributed by atoms with van der Waals surface area (Å²) in [5.41, 5.74) is 6.01. The van der Waals surface area contributed by atoms with Gasteiger partial charge in [-0.1, -0.05) is 6.92 Å². The molecule has 4 heteroatoms. The quantitative estimate of drug-likeness (QED) is 0.882. The molecule has 2 rings (SSSR count). The van der Waals surface area contributed by atoms with Crippen molar-refractivity contribution in [1.29, 1.82) is 0 Å². The first-order chi connectivity index (χ1) is 9.05. The number of carbonyl (C=O) groups is 1. The lowest BCUT2D eigenvalue weighted by molar-refractivity contribution is -0.127. The van der Waals surface area contributed by atoms with E-state index in [1.54, 1.807) is 12.1 Å². The Morgan fingerprint density at radius 2 is 1.95 bits per heavy atom. The molecule has 0 aliphatic heterocycles. The summed E-state index contributed by atoms with van der Waals surface area (Å²) in [4.78, 5) is 12.4. The van der Waals surface area contributed by atoms with Gasteiger partial charge in [-0.25, -0.2) is 4.39 Å². The molecular formula is C15H21FN2O. The topological polar surface area (TPSA) is 55.1 Å². The van der Waals surface area contributed by atoms with Gasteiger partial charge in [0, 0.05) is 12.2 Å². The number of carbonyl (C=O) groups excluding carboxylic acids is 1. The minimum atomic E-state index is -0.457. The van der Waals surface area contributed by atoms with Gasteiger partial charge in [-0.3, -0.25) is 4.79 Å². The number of benzene rings is 1. The highest BCUT2D eigenvalue weighted by atomic mass is 19.1. The minimum absolute atomic E-state index is 0.0338. The van der Waals surface area contributed by atoms with Crippen LogP contribution in [0.4, 0.5) is 10.1 Å². The fourth-order valence-corrected chi connectivity index (χ4v) is 2.64. The fraction of sp³-hybridized carbons (Fsp3) is 0.533. The van der Waals surface area contributed by atoms with E-state index in [0.717, 1.165) is 25.7 Å². The molecule has 1 amide bonds. The number of rotatable bonds is 3. The van der Waals surface area contributed by atoms with Gasteiger partial charge >= 0.3 is 0 Å². The maximum atomic E-state index is 12.8. The highest BCUT2D eigenvalue weighted by Crippen LogP contribution is 2.39. The Morgan fingerprint density at radius 3 is 2.47 bits per heavy atom. The summed E-state index contributed by atoms with van der Waals surface area (Å²) in [5.74, 6) is 0.324.